The van der Waals surface area contributed by atoms with Gasteiger partial charge in [-0.15, -0.1) is 0 Å². The Hall–Kier alpha value is -1.78. The van der Waals surface area contributed by atoms with E-state index >= 15 is 0 Å². The van der Waals surface area contributed by atoms with Crippen molar-refractivity contribution in [3.63, 3.8) is 0 Å². The van der Waals surface area contributed by atoms with E-state index in [-0.39, 0.29) is 23.4 Å². The van der Waals surface area contributed by atoms with Crippen molar-refractivity contribution in [1.29, 1.82) is 0 Å². The van der Waals surface area contributed by atoms with E-state index in [1.54, 1.807) is 12.2 Å². The van der Waals surface area contributed by atoms with Crippen molar-refractivity contribution in [2.24, 2.45) is 11.8 Å². The molecule has 6 bridgehead atoms. The van der Waals surface area contributed by atoms with E-state index in [4.69, 9.17) is 0 Å². The van der Waals surface area contributed by atoms with E-state index in [1.165, 1.54) is 11.1 Å². The minimum absolute atomic E-state index is 0.0507. The molecule has 0 spiro atoms. The molecule has 3 aliphatic heterocycles. The minimum atomic E-state index is -0.325. The number of rotatable bonds is 0. The highest BCUT2D eigenvalue weighted by Gasteiger charge is 2.34. The number of hydrogen-bond donors (Lipinski definition) is 2. The lowest BCUT2D eigenvalue weighted by Crippen LogP contribution is -2.96. The maximum Gasteiger partial charge on any atom is 0.163 e. The van der Waals surface area contributed by atoms with E-state index in [0.717, 1.165) is 25.9 Å². The standard InChI is InChI=1S/C18H20N2O2/c21-17-3-1-11-5-13-9-20-14(10-19-13)6-12-2-4-18(22)16(8-12)15(17)7-11/h1-4,7-8,13-16,19-20H,5-6,9-10H2/p+1/t13-,14-,15+,16+/m0/s1. The first-order valence-corrected chi connectivity index (χ1v) is 8.11. The Kier molecular flexibility index (Phi) is 3.43. The molecule has 0 aromatic heterocycles. The predicted molar refractivity (Wildman–Crippen MR) is 83.0 cm³/mol. The SMILES string of the molecule is O=C1C=CC2=C[C@@H]1[C@H]1C=C(C=CC1=O)C[C@H]1CN[C@H](C[NH2+]1)C2. The largest absolute Gasteiger partial charge is 0.341 e. The molecule has 4 heteroatoms. The highest BCUT2D eigenvalue weighted by molar-refractivity contribution is 6.03. The van der Waals surface area contributed by atoms with Crippen molar-refractivity contribution in [2.75, 3.05) is 13.1 Å². The number of nitrogens with one attached hydrogen (secondary N) is 1. The molecule has 3 heterocycles. The number of allylic oxidation sites excluding steroid dienone is 6. The van der Waals surface area contributed by atoms with Crippen LogP contribution in [0.3, 0.4) is 0 Å². The van der Waals surface area contributed by atoms with Crippen molar-refractivity contribution in [3.05, 3.63) is 47.6 Å². The molecule has 0 aromatic rings. The fourth-order valence-electron chi connectivity index (χ4n) is 3.91. The summed E-state index contributed by atoms with van der Waals surface area (Å²) in [4.78, 5) is 24.5. The van der Waals surface area contributed by atoms with Crippen LogP contribution in [0.4, 0.5) is 0 Å². The zero-order chi connectivity index (χ0) is 15.1. The molecule has 3 N–H and O–H groups in total. The third kappa shape index (κ3) is 2.53. The lowest BCUT2D eigenvalue weighted by atomic mass is 9.77. The van der Waals surface area contributed by atoms with Crippen molar-refractivity contribution >= 4 is 11.6 Å². The van der Waals surface area contributed by atoms with Gasteiger partial charge in [0.15, 0.2) is 11.6 Å². The second kappa shape index (κ2) is 5.45. The van der Waals surface area contributed by atoms with Gasteiger partial charge in [0.1, 0.15) is 6.04 Å². The van der Waals surface area contributed by atoms with Crippen LogP contribution < -0.4 is 10.6 Å². The highest BCUT2D eigenvalue weighted by atomic mass is 16.1. The Morgan fingerprint density at radius 1 is 0.909 bits per heavy atom. The van der Waals surface area contributed by atoms with Gasteiger partial charge in [-0.05, 0) is 29.7 Å². The molecule has 0 amide bonds. The van der Waals surface area contributed by atoms with E-state index < -0.39 is 0 Å². The molecule has 114 valence electrons. The second-order valence-electron chi connectivity index (χ2n) is 6.75. The smallest absolute Gasteiger partial charge is 0.163 e. The van der Waals surface area contributed by atoms with Crippen LogP contribution in [0.25, 0.3) is 0 Å². The lowest BCUT2D eigenvalue weighted by molar-refractivity contribution is -0.696. The summed E-state index contributed by atoms with van der Waals surface area (Å²) in [5.74, 6) is -0.542. The zero-order valence-corrected chi connectivity index (χ0v) is 12.5. The molecule has 4 atom stereocenters. The number of carbonyl (C=O) groups excluding carboxylic acids is 2. The molecule has 4 nitrogen and oxygen atoms in total. The van der Waals surface area contributed by atoms with Gasteiger partial charge in [-0.1, -0.05) is 24.3 Å². The third-order valence-corrected chi connectivity index (χ3v) is 5.16. The Morgan fingerprint density at radius 3 is 2.14 bits per heavy atom. The van der Waals surface area contributed by atoms with Crippen LogP contribution in [0.15, 0.2) is 47.6 Å². The Morgan fingerprint density at radius 2 is 1.55 bits per heavy atom. The zero-order valence-electron chi connectivity index (χ0n) is 12.5. The van der Waals surface area contributed by atoms with Crippen LogP contribution in [0.2, 0.25) is 0 Å². The number of fused-ring (bicyclic) bond motifs is 2. The monoisotopic (exact) mass is 297 g/mol. The molecular formula is C18H21N2O2+. The number of nitrogens with two attached hydrogens (primary N) is 1. The fourth-order valence-corrected chi connectivity index (χ4v) is 3.91. The fraction of sp³-hybridized carbons (Fsp3) is 0.444. The molecule has 0 unspecified atom stereocenters. The summed E-state index contributed by atoms with van der Waals surface area (Å²) in [7, 11) is 0. The maximum atomic E-state index is 12.3. The van der Waals surface area contributed by atoms with Crippen molar-refractivity contribution < 1.29 is 14.9 Å². The first-order valence-electron chi connectivity index (χ1n) is 8.11. The van der Waals surface area contributed by atoms with E-state index in [9.17, 15) is 9.59 Å². The van der Waals surface area contributed by atoms with Crippen molar-refractivity contribution in [3.8, 4) is 0 Å². The van der Waals surface area contributed by atoms with Gasteiger partial charge < -0.3 is 10.6 Å². The number of piperazine rings is 1. The number of ketones is 2. The van der Waals surface area contributed by atoms with Gasteiger partial charge in [-0.2, -0.15) is 0 Å². The molecule has 0 radical (unpaired) electrons. The van der Waals surface area contributed by atoms with Gasteiger partial charge in [0.2, 0.25) is 0 Å². The maximum absolute atomic E-state index is 12.3. The van der Waals surface area contributed by atoms with Crippen LogP contribution >= 0.6 is 0 Å². The predicted octanol–water partition coefficient (Wildman–Crippen LogP) is 0.0470. The van der Waals surface area contributed by atoms with Crippen LogP contribution in [0.5, 0.6) is 0 Å². The van der Waals surface area contributed by atoms with Gasteiger partial charge in [-0.25, -0.2) is 0 Å². The lowest BCUT2D eigenvalue weighted by Gasteiger charge is -2.32. The third-order valence-electron chi connectivity index (χ3n) is 5.16. The highest BCUT2D eigenvalue weighted by Crippen LogP contribution is 2.30. The molecule has 1 fully saturated rings. The Balaban J connectivity index is 1.74. The normalized spacial score (nSPS) is 37.3. The summed E-state index contributed by atoms with van der Waals surface area (Å²) in [6.45, 7) is 2.06. The summed E-state index contributed by atoms with van der Waals surface area (Å²) in [5.41, 5.74) is 2.36. The average Bonchev–Trinajstić information content (AvgIpc) is 2.52. The van der Waals surface area contributed by atoms with Crippen molar-refractivity contribution in [2.45, 2.75) is 24.9 Å². The summed E-state index contributed by atoms with van der Waals surface area (Å²) in [6, 6.07) is 0.959. The van der Waals surface area contributed by atoms with Gasteiger partial charge >= 0.3 is 0 Å². The average molecular weight is 297 g/mol. The van der Waals surface area contributed by atoms with Crippen molar-refractivity contribution in [1.82, 2.24) is 5.32 Å². The molecule has 2 aliphatic carbocycles. The topological polar surface area (TPSA) is 62.8 Å². The van der Waals surface area contributed by atoms with Gasteiger partial charge in [0.05, 0.1) is 24.4 Å². The van der Waals surface area contributed by atoms with Crippen LogP contribution in [-0.2, 0) is 9.59 Å². The number of quaternary nitrogens is 1. The van der Waals surface area contributed by atoms with Crippen LogP contribution in [-0.4, -0.2) is 36.7 Å². The molecule has 5 aliphatic rings. The van der Waals surface area contributed by atoms with E-state index in [0.29, 0.717) is 12.1 Å². The van der Waals surface area contributed by atoms with Gasteiger partial charge in [0, 0.05) is 13.0 Å². The quantitative estimate of drug-likeness (QED) is 0.664. The summed E-state index contributed by atoms with van der Waals surface area (Å²) >= 11 is 0. The van der Waals surface area contributed by atoms with Crippen LogP contribution in [0.1, 0.15) is 12.8 Å². The first kappa shape index (κ1) is 13.9. The van der Waals surface area contributed by atoms with E-state index in [2.05, 4.69) is 10.6 Å². The molecule has 1 saturated heterocycles. The summed E-state index contributed by atoms with van der Waals surface area (Å²) < 4.78 is 0. The summed E-state index contributed by atoms with van der Waals surface area (Å²) in [6.07, 6.45) is 13.1. The number of carbonyl (C=O) groups is 2. The van der Waals surface area contributed by atoms with E-state index in [1.807, 2.05) is 24.3 Å². The number of hydrogen-bond acceptors (Lipinski definition) is 3. The molecule has 22 heavy (non-hydrogen) atoms. The molecule has 0 saturated carbocycles. The molecule has 0 aromatic carbocycles. The minimum Gasteiger partial charge on any atom is -0.341 e. The Labute approximate surface area is 130 Å². The molecule has 5 rings (SSSR count). The summed E-state index contributed by atoms with van der Waals surface area (Å²) in [5, 5.41) is 6.04. The van der Waals surface area contributed by atoms with Crippen LogP contribution in [0, 0.1) is 11.8 Å². The Bertz CT molecular complexity index is 577. The van der Waals surface area contributed by atoms with Gasteiger partial charge in [-0.3, -0.25) is 9.59 Å². The van der Waals surface area contributed by atoms with Gasteiger partial charge in [0.25, 0.3) is 0 Å². The first-order chi connectivity index (χ1) is 10.7. The second-order valence-corrected chi connectivity index (χ2v) is 6.75. The molecular weight excluding hydrogens is 276 g/mol.